The molecule has 0 aliphatic rings. The Bertz CT molecular complexity index is 572. The summed E-state index contributed by atoms with van der Waals surface area (Å²) in [4.78, 5) is 0. The first-order chi connectivity index (χ1) is 8.40. The van der Waals surface area contributed by atoms with Crippen LogP contribution >= 0.6 is 43.2 Å². The van der Waals surface area contributed by atoms with Gasteiger partial charge in [0, 0.05) is 5.56 Å². The van der Waals surface area contributed by atoms with E-state index in [1.165, 1.54) is 23.5 Å². The molecule has 1 N–H and O–H groups in total. The van der Waals surface area contributed by atoms with Crippen LogP contribution in [-0.2, 0) is 0 Å². The lowest BCUT2D eigenvalue weighted by Crippen LogP contribution is -2.04. The standard InChI is InChI=1S/C13H11Br2FOS/c1-6-3-8(16)4-7(2)11(6)12(17)9-5-10(14)18-13(9)15/h3-5,12,17H,1-2H3. The van der Waals surface area contributed by atoms with Crippen molar-refractivity contribution < 1.29 is 9.50 Å². The molecular formula is C13H11Br2FOS. The first kappa shape index (κ1) is 14.2. The number of halogens is 3. The van der Waals surface area contributed by atoms with Gasteiger partial charge in [0.15, 0.2) is 0 Å². The van der Waals surface area contributed by atoms with Crippen LogP contribution in [0.5, 0.6) is 0 Å². The molecule has 0 saturated heterocycles. The molecule has 1 aromatic carbocycles. The maximum atomic E-state index is 13.3. The van der Waals surface area contributed by atoms with E-state index in [0.29, 0.717) is 0 Å². The lowest BCUT2D eigenvalue weighted by Gasteiger charge is -2.16. The van der Waals surface area contributed by atoms with Crippen molar-refractivity contribution in [3.05, 3.63) is 53.8 Å². The number of hydrogen-bond acceptors (Lipinski definition) is 2. The fourth-order valence-electron chi connectivity index (χ4n) is 2.05. The van der Waals surface area contributed by atoms with Crippen molar-refractivity contribution in [2.75, 3.05) is 0 Å². The number of aliphatic hydroxyl groups excluding tert-OH is 1. The molecule has 96 valence electrons. The average molecular weight is 394 g/mol. The third-order valence-corrected chi connectivity index (χ3v) is 5.20. The van der Waals surface area contributed by atoms with Crippen molar-refractivity contribution in [2.24, 2.45) is 0 Å². The Morgan fingerprint density at radius 1 is 1.17 bits per heavy atom. The monoisotopic (exact) mass is 392 g/mol. The number of thiophene rings is 1. The maximum absolute atomic E-state index is 13.3. The number of aliphatic hydroxyl groups is 1. The van der Waals surface area contributed by atoms with Crippen molar-refractivity contribution in [3.63, 3.8) is 0 Å². The highest BCUT2D eigenvalue weighted by Crippen LogP contribution is 2.39. The molecule has 0 aliphatic heterocycles. The zero-order valence-corrected chi connectivity index (χ0v) is 13.8. The largest absolute Gasteiger partial charge is 0.384 e. The van der Waals surface area contributed by atoms with Gasteiger partial charge in [-0.3, -0.25) is 0 Å². The van der Waals surface area contributed by atoms with E-state index in [-0.39, 0.29) is 5.82 Å². The fourth-order valence-corrected chi connectivity index (χ4v) is 4.93. The predicted molar refractivity (Wildman–Crippen MR) is 79.7 cm³/mol. The Morgan fingerprint density at radius 3 is 2.17 bits per heavy atom. The lowest BCUT2D eigenvalue weighted by molar-refractivity contribution is 0.218. The minimum Gasteiger partial charge on any atom is -0.384 e. The minimum absolute atomic E-state index is 0.272. The second-order valence-corrected chi connectivity index (χ2v) is 7.88. The van der Waals surface area contributed by atoms with Gasteiger partial charge >= 0.3 is 0 Å². The number of aryl methyl sites for hydroxylation is 2. The van der Waals surface area contributed by atoms with Crippen molar-refractivity contribution >= 4 is 43.2 Å². The van der Waals surface area contributed by atoms with Gasteiger partial charge in [-0.1, -0.05) is 0 Å². The third kappa shape index (κ3) is 2.69. The molecule has 0 aliphatic carbocycles. The molecule has 5 heteroatoms. The van der Waals surface area contributed by atoms with Crippen LogP contribution < -0.4 is 0 Å². The van der Waals surface area contributed by atoms with Crippen LogP contribution in [0, 0.1) is 19.7 Å². The molecule has 1 nitrogen and oxygen atoms in total. The van der Waals surface area contributed by atoms with E-state index in [1.807, 2.05) is 19.9 Å². The number of rotatable bonds is 2. The van der Waals surface area contributed by atoms with E-state index in [4.69, 9.17) is 0 Å². The van der Waals surface area contributed by atoms with Gasteiger partial charge in [-0.15, -0.1) is 11.3 Å². The molecule has 0 fully saturated rings. The molecule has 1 atom stereocenters. The highest BCUT2D eigenvalue weighted by molar-refractivity contribution is 9.12. The van der Waals surface area contributed by atoms with E-state index in [2.05, 4.69) is 31.9 Å². The molecule has 18 heavy (non-hydrogen) atoms. The highest BCUT2D eigenvalue weighted by atomic mass is 79.9. The molecule has 0 amide bonds. The van der Waals surface area contributed by atoms with Crippen LogP contribution in [0.4, 0.5) is 4.39 Å². The van der Waals surface area contributed by atoms with E-state index in [0.717, 1.165) is 29.8 Å². The molecule has 0 bridgehead atoms. The van der Waals surface area contributed by atoms with E-state index in [9.17, 15) is 9.50 Å². The average Bonchev–Trinajstić information content (AvgIpc) is 2.56. The molecule has 2 rings (SSSR count). The molecule has 1 unspecified atom stereocenters. The Labute approximate surface area is 126 Å². The molecule has 0 radical (unpaired) electrons. The van der Waals surface area contributed by atoms with Crippen LogP contribution in [0.15, 0.2) is 25.8 Å². The Hall–Kier alpha value is -0.230. The summed E-state index contributed by atoms with van der Waals surface area (Å²) in [5, 5.41) is 10.5. The quantitative estimate of drug-likeness (QED) is 0.751. The summed E-state index contributed by atoms with van der Waals surface area (Å²) in [7, 11) is 0. The third-order valence-electron chi connectivity index (χ3n) is 2.81. The van der Waals surface area contributed by atoms with Crippen molar-refractivity contribution in [1.82, 2.24) is 0 Å². The number of hydrogen-bond donors (Lipinski definition) is 1. The SMILES string of the molecule is Cc1cc(F)cc(C)c1C(O)c1cc(Br)sc1Br. The normalized spacial score (nSPS) is 12.8. The Kier molecular flexibility index (Phi) is 4.26. The predicted octanol–water partition coefficient (Wildman–Crippen LogP) is 5.11. The minimum atomic E-state index is -0.748. The van der Waals surface area contributed by atoms with Crippen molar-refractivity contribution in [1.29, 1.82) is 0 Å². The van der Waals surface area contributed by atoms with Crippen LogP contribution in [0.25, 0.3) is 0 Å². The fraction of sp³-hybridized carbons (Fsp3) is 0.231. The maximum Gasteiger partial charge on any atom is 0.123 e. The second-order valence-electron chi connectivity index (χ2n) is 4.14. The van der Waals surface area contributed by atoms with Crippen molar-refractivity contribution in [2.45, 2.75) is 20.0 Å². The Morgan fingerprint density at radius 2 is 1.72 bits per heavy atom. The number of benzene rings is 1. The van der Waals surface area contributed by atoms with Gasteiger partial charge in [-0.2, -0.15) is 0 Å². The van der Waals surface area contributed by atoms with Gasteiger partial charge in [0.05, 0.1) is 7.57 Å². The van der Waals surface area contributed by atoms with Crippen LogP contribution in [0.1, 0.15) is 28.4 Å². The molecule has 1 aromatic heterocycles. The van der Waals surface area contributed by atoms with Gasteiger partial charge in [0.1, 0.15) is 11.9 Å². The van der Waals surface area contributed by atoms with Crippen LogP contribution in [-0.4, -0.2) is 5.11 Å². The van der Waals surface area contributed by atoms with Gasteiger partial charge < -0.3 is 5.11 Å². The second kappa shape index (κ2) is 5.41. The first-order valence-electron chi connectivity index (χ1n) is 5.29. The topological polar surface area (TPSA) is 20.2 Å². The molecule has 2 aromatic rings. The summed E-state index contributed by atoms with van der Waals surface area (Å²) in [5.74, 6) is -0.272. The van der Waals surface area contributed by atoms with Gasteiger partial charge in [-0.25, -0.2) is 4.39 Å². The summed E-state index contributed by atoms with van der Waals surface area (Å²) >= 11 is 8.33. The zero-order chi connectivity index (χ0) is 13.4. The lowest BCUT2D eigenvalue weighted by atomic mass is 9.95. The molecular weight excluding hydrogens is 383 g/mol. The summed E-state index contributed by atoms with van der Waals surface area (Å²) in [6, 6.07) is 4.77. The summed E-state index contributed by atoms with van der Waals surface area (Å²) < 4.78 is 15.1. The van der Waals surface area contributed by atoms with Crippen LogP contribution in [0.3, 0.4) is 0 Å². The zero-order valence-electron chi connectivity index (χ0n) is 9.80. The molecule has 0 saturated carbocycles. The van der Waals surface area contributed by atoms with Gasteiger partial charge in [-0.05, 0) is 80.6 Å². The Balaban J connectivity index is 2.52. The van der Waals surface area contributed by atoms with E-state index >= 15 is 0 Å². The highest BCUT2D eigenvalue weighted by Gasteiger charge is 2.20. The smallest absolute Gasteiger partial charge is 0.123 e. The summed E-state index contributed by atoms with van der Waals surface area (Å²) in [6.07, 6.45) is -0.748. The van der Waals surface area contributed by atoms with Crippen molar-refractivity contribution in [3.8, 4) is 0 Å². The van der Waals surface area contributed by atoms with Gasteiger partial charge in [0.2, 0.25) is 0 Å². The first-order valence-corrected chi connectivity index (χ1v) is 7.70. The van der Waals surface area contributed by atoms with E-state index < -0.39 is 6.10 Å². The van der Waals surface area contributed by atoms with E-state index in [1.54, 1.807) is 0 Å². The summed E-state index contributed by atoms with van der Waals surface area (Å²) in [6.45, 7) is 3.62. The molecule has 1 heterocycles. The molecule has 0 spiro atoms. The van der Waals surface area contributed by atoms with Crippen LogP contribution in [0.2, 0.25) is 0 Å². The summed E-state index contributed by atoms with van der Waals surface area (Å²) in [5.41, 5.74) is 3.08. The van der Waals surface area contributed by atoms with Gasteiger partial charge in [0.25, 0.3) is 0 Å².